The molecule has 1 aliphatic carbocycles. The minimum atomic E-state index is -0.355. The van der Waals surface area contributed by atoms with E-state index < -0.39 is 0 Å². The van der Waals surface area contributed by atoms with Gasteiger partial charge in [-0.2, -0.15) is 4.98 Å². The summed E-state index contributed by atoms with van der Waals surface area (Å²) in [7, 11) is 0. The van der Waals surface area contributed by atoms with Crippen molar-refractivity contribution in [1.29, 1.82) is 0 Å². The molecular formula is C30H36ClN5O2. The summed E-state index contributed by atoms with van der Waals surface area (Å²) in [6.45, 7) is 11.4. The van der Waals surface area contributed by atoms with Crippen LogP contribution in [0.2, 0.25) is 5.02 Å². The van der Waals surface area contributed by atoms with E-state index in [9.17, 15) is 9.59 Å². The normalized spacial score (nSPS) is 18.4. The van der Waals surface area contributed by atoms with E-state index in [1.54, 1.807) is 9.47 Å². The van der Waals surface area contributed by atoms with E-state index in [0.717, 1.165) is 48.2 Å². The van der Waals surface area contributed by atoms with Crippen LogP contribution in [0.1, 0.15) is 69.2 Å². The Bertz CT molecular complexity index is 1420. The smallest absolute Gasteiger partial charge is 0.350 e. The standard InChI is InChI=1S/C30H36ClN5O2/c1-5-20-13-10-14-21(6-2)27(20)36-29-26(23(31)17-24(32-29)22-11-8-9-12-22)28(33-30(36)38)35-16-15-34(18-19(35)4)25(37)7-3/h7,10,13-14,17,19,22H,3,5-6,8-9,11-12,15-16,18H2,1-2,4H3/t19-/m0/s1. The zero-order valence-corrected chi connectivity index (χ0v) is 23.3. The van der Waals surface area contributed by atoms with E-state index in [4.69, 9.17) is 16.6 Å². The van der Waals surface area contributed by atoms with Crippen LogP contribution in [0.4, 0.5) is 5.82 Å². The summed E-state index contributed by atoms with van der Waals surface area (Å²) in [6.07, 6.45) is 7.44. The Morgan fingerprint density at radius 1 is 1.13 bits per heavy atom. The first kappa shape index (κ1) is 26.4. The minimum absolute atomic E-state index is 0.0571. The highest BCUT2D eigenvalue weighted by Gasteiger charge is 2.31. The van der Waals surface area contributed by atoms with Gasteiger partial charge in [-0.1, -0.05) is 63.1 Å². The van der Waals surface area contributed by atoms with Gasteiger partial charge in [-0.05, 0) is 55.9 Å². The Morgan fingerprint density at radius 2 is 1.82 bits per heavy atom. The molecule has 1 saturated heterocycles. The van der Waals surface area contributed by atoms with Crippen molar-refractivity contribution in [2.75, 3.05) is 24.5 Å². The summed E-state index contributed by atoms with van der Waals surface area (Å²) in [6, 6.07) is 8.11. The second kappa shape index (κ2) is 10.9. The third-order valence-corrected chi connectivity index (χ3v) is 8.45. The maximum Gasteiger partial charge on any atom is 0.355 e. The van der Waals surface area contributed by atoms with Gasteiger partial charge in [-0.3, -0.25) is 4.79 Å². The topological polar surface area (TPSA) is 71.3 Å². The number of carbonyl (C=O) groups excluding carboxylic acids is 1. The second-order valence-electron chi connectivity index (χ2n) is 10.4. The molecule has 0 radical (unpaired) electrons. The quantitative estimate of drug-likeness (QED) is 0.395. The fourth-order valence-electron chi connectivity index (χ4n) is 6.12. The first-order valence-corrected chi connectivity index (χ1v) is 14.2. The van der Waals surface area contributed by atoms with Crippen molar-refractivity contribution < 1.29 is 4.79 Å². The van der Waals surface area contributed by atoms with Gasteiger partial charge in [0.05, 0.1) is 16.1 Å². The van der Waals surface area contributed by atoms with Gasteiger partial charge in [0.25, 0.3) is 0 Å². The molecule has 3 aromatic rings. The zero-order valence-electron chi connectivity index (χ0n) is 22.5. The molecule has 0 unspecified atom stereocenters. The molecule has 0 N–H and O–H groups in total. The van der Waals surface area contributed by atoms with Gasteiger partial charge in [0, 0.05) is 37.3 Å². The number of hydrogen-bond acceptors (Lipinski definition) is 5. The maximum atomic E-state index is 14.0. The van der Waals surface area contributed by atoms with Crippen molar-refractivity contribution in [2.45, 2.75) is 71.3 Å². The Labute approximate surface area is 229 Å². The van der Waals surface area contributed by atoms with Gasteiger partial charge in [0.15, 0.2) is 5.65 Å². The Morgan fingerprint density at radius 3 is 2.42 bits per heavy atom. The molecule has 3 heterocycles. The number of fused-ring (bicyclic) bond motifs is 1. The fraction of sp³-hybridized carbons (Fsp3) is 0.467. The van der Waals surface area contributed by atoms with Gasteiger partial charge in [0.1, 0.15) is 5.82 Å². The molecule has 2 aliphatic rings. The molecule has 200 valence electrons. The molecule has 1 amide bonds. The number of hydrogen-bond donors (Lipinski definition) is 0. The number of nitrogens with zero attached hydrogens (tertiary/aromatic N) is 5. The maximum absolute atomic E-state index is 14.0. The summed E-state index contributed by atoms with van der Waals surface area (Å²) in [4.78, 5) is 39.9. The average molecular weight is 534 g/mol. The number of halogens is 1. The fourth-order valence-corrected chi connectivity index (χ4v) is 6.40. The van der Waals surface area contributed by atoms with Crippen LogP contribution in [0.15, 0.2) is 41.7 Å². The molecule has 5 rings (SSSR count). The predicted octanol–water partition coefficient (Wildman–Crippen LogP) is 5.44. The molecule has 38 heavy (non-hydrogen) atoms. The first-order chi connectivity index (χ1) is 18.4. The van der Waals surface area contributed by atoms with Crippen molar-refractivity contribution in [3.63, 3.8) is 0 Å². The summed E-state index contributed by atoms with van der Waals surface area (Å²) < 4.78 is 1.70. The lowest BCUT2D eigenvalue weighted by Gasteiger charge is -2.40. The Kier molecular flexibility index (Phi) is 7.57. The molecule has 1 aromatic carbocycles. The number of carbonyl (C=O) groups is 1. The van der Waals surface area contributed by atoms with Crippen molar-refractivity contribution in [2.24, 2.45) is 0 Å². The Balaban J connectivity index is 1.76. The van der Waals surface area contributed by atoms with Crippen LogP contribution in [0.5, 0.6) is 0 Å². The number of rotatable bonds is 6. The molecule has 0 spiro atoms. The van der Waals surface area contributed by atoms with E-state index in [2.05, 4.69) is 42.4 Å². The lowest BCUT2D eigenvalue weighted by Crippen LogP contribution is -2.54. The third-order valence-electron chi connectivity index (χ3n) is 8.15. The number of para-hydroxylation sites is 1. The summed E-state index contributed by atoms with van der Waals surface area (Å²) in [5.74, 6) is 0.798. The highest BCUT2D eigenvalue weighted by molar-refractivity contribution is 6.36. The molecule has 7 nitrogen and oxygen atoms in total. The minimum Gasteiger partial charge on any atom is -0.350 e. The lowest BCUT2D eigenvalue weighted by atomic mass is 10.0. The highest BCUT2D eigenvalue weighted by Crippen LogP contribution is 2.39. The number of benzene rings is 1. The van der Waals surface area contributed by atoms with Crippen LogP contribution in [0, 0.1) is 0 Å². The third kappa shape index (κ3) is 4.62. The lowest BCUT2D eigenvalue weighted by molar-refractivity contribution is -0.126. The van der Waals surface area contributed by atoms with Crippen LogP contribution in [0.3, 0.4) is 0 Å². The second-order valence-corrected chi connectivity index (χ2v) is 10.8. The van der Waals surface area contributed by atoms with Gasteiger partial charge >= 0.3 is 5.69 Å². The van der Waals surface area contributed by atoms with Crippen LogP contribution < -0.4 is 10.6 Å². The van der Waals surface area contributed by atoms with Crippen molar-refractivity contribution in [3.05, 3.63) is 69.2 Å². The van der Waals surface area contributed by atoms with Gasteiger partial charge in [-0.25, -0.2) is 14.3 Å². The number of anilines is 1. The van der Waals surface area contributed by atoms with E-state index in [1.165, 1.54) is 18.9 Å². The van der Waals surface area contributed by atoms with E-state index in [1.807, 2.05) is 19.1 Å². The molecule has 1 aliphatic heterocycles. The van der Waals surface area contributed by atoms with Gasteiger partial charge in [-0.15, -0.1) is 0 Å². The molecule has 8 heteroatoms. The summed E-state index contributed by atoms with van der Waals surface area (Å²) in [5, 5.41) is 1.26. The van der Waals surface area contributed by atoms with Crippen LogP contribution >= 0.6 is 11.6 Å². The molecule has 2 aromatic heterocycles. The molecule has 2 fully saturated rings. The monoisotopic (exact) mass is 533 g/mol. The largest absolute Gasteiger partial charge is 0.355 e. The van der Waals surface area contributed by atoms with E-state index in [0.29, 0.717) is 47.4 Å². The number of aromatic nitrogens is 3. The number of pyridine rings is 1. The zero-order chi connectivity index (χ0) is 27.0. The van der Waals surface area contributed by atoms with Crippen molar-refractivity contribution in [3.8, 4) is 5.69 Å². The van der Waals surface area contributed by atoms with Crippen LogP contribution in [-0.2, 0) is 17.6 Å². The van der Waals surface area contributed by atoms with Crippen molar-refractivity contribution in [1.82, 2.24) is 19.4 Å². The predicted molar refractivity (Wildman–Crippen MR) is 154 cm³/mol. The Hall–Kier alpha value is -3.19. The summed E-state index contributed by atoms with van der Waals surface area (Å²) in [5.41, 5.74) is 4.20. The first-order valence-electron chi connectivity index (χ1n) is 13.8. The number of aryl methyl sites for hydroxylation is 2. The SMILES string of the molecule is C=CC(=O)N1CCN(c2nc(=O)n(-c3c(CC)cccc3CC)c3nc(C4CCCC4)cc(Cl)c23)[C@@H](C)C1. The van der Waals surface area contributed by atoms with Crippen LogP contribution in [-0.4, -0.2) is 51.0 Å². The number of piperazine rings is 1. The molecule has 1 atom stereocenters. The van der Waals surface area contributed by atoms with Gasteiger partial charge < -0.3 is 9.80 Å². The van der Waals surface area contributed by atoms with E-state index in [-0.39, 0.29) is 17.6 Å². The van der Waals surface area contributed by atoms with Crippen molar-refractivity contribution >= 4 is 34.4 Å². The highest BCUT2D eigenvalue weighted by atomic mass is 35.5. The average Bonchev–Trinajstić information content (AvgIpc) is 3.47. The number of amides is 1. The van der Waals surface area contributed by atoms with E-state index >= 15 is 0 Å². The molecule has 1 saturated carbocycles. The van der Waals surface area contributed by atoms with Gasteiger partial charge in [0.2, 0.25) is 5.91 Å². The summed E-state index contributed by atoms with van der Waals surface area (Å²) >= 11 is 7.07. The molecular weight excluding hydrogens is 498 g/mol. The molecule has 0 bridgehead atoms. The van der Waals surface area contributed by atoms with Crippen LogP contribution in [0.25, 0.3) is 16.7 Å².